The molecule has 0 bridgehead atoms. The molecule has 1 N–H and O–H groups in total. The summed E-state index contributed by atoms with van der Waals surface area (Å²) in [6, 6.07) is 30.5. The predicted octanol–water partition coefficient (Wildman–Crippen LogP) is 5.62. The monoisotopic (exact) mass is 603 g/mol. The molecule has 0 radical (unpaired) electrons. The Hall–Kier alpha value is -4.14. The normalized spacial score (nSPS) is 11.9. The molecule has 0 saturated carbocycles. The second-order valence-electron chi connectivity index (χ2n) is 9.91. The maximum atomic E-state index is 14.3. The Balaban J connectivity index is 1.78. The molecule has 0 heterocycles. The van der Waals surface area contributed by atoms with Crippen LogP contribution in [0.2, 0.25) is 5.02 Å². The third-order valence-electron chi connectivity index (χ3n) is 6.82. The Bertz CT molecular complexity index is 1580. The Morgan fingerprint density at radius 3 is 2.00 bits per heavy atom. The van der Waals surface area contributed by atoms with E-state index in [2.05, 4.69) is 5.32 Å². The van der Waals surface area contributed by atoms with Gasteiger partial charge in [0.15, 0.2) is 0 Å². The number of anilines is 1. The van der Waals surface area contributed by atoms with Gasteiger partial charge in [0, 0.05) is 24.5 Å². The van der Waals surface area contributed by atoms with Crippen LogP contribution in [0.3, 0.4) is 0 Å². The van der Waals surface area contributed by atoms with E-state index in [1.54, 1.807) is 42.5 Å². The van der Waals surface area contributed by atoms with Crippen LogP contribution >= 0.6 is 11.6 Å². The highest BCUT2D eigenvalue weighted by atomic mass is 35.5. The van der Waals surface area contributed by atoms with E-state index in [1.807, 2.05) is 68.4 Å². The molecule has 0 aromatic heterocycles. The van der Waals surface area contributed by atoms with Gasteiger partial charge in [0.1, 0.15) is 12.6 Å². The topological polar surface area (TPSA) is 86.8 Å². The van der Waals surface area contributed by atoms with Crippen molar-refractivity contribution >= 4 is 39.1 Å². The Morgan fingerprint density at radius 1 is 0.810 bits per heavy atom. The van der Waals surface area contributed by atoms with Gasteiger partial charge in [0.25, 0.3) is 10.0 Å². The van der Waals surface area contributed by atoms with Crippen LogP contribution in [0.25, 0.3) is 0 Å². The fraction of sp³-hybridized carbons (Fsp3) is 0.212. The SMILES string of the molecule is CCNC(=O)[C@@H](Cc1ccccc1)N(Cc1ccc(C)cc1)C(=O)CN(c1ccc(Cl)cc1)S(=O)(=O)c1ccccc1. The molecule has 218 valence electrons. The third-order valence-corrected chi connectivity index (χ3v) is 8.86. The lowest BCUT2D eigenvalue weighted by Crippen LogP contribution is -2.53. The van der Waals surface area contributed by atoms with E-state index in [0.717, 1.165) is 21.0 Å². The number of amides is 2. The number of benzene rings is 4. The summed E-state index contributed by atoms with van der Waals surface area (Å²) in [6.45, 7) is 3.77. The van der Waals surface area contributed by atoms with Crippen LogP contribution in [0.4, 0.5) is 5.69 Å². The van der Waals surface area contributed by atoms with Gasteiger partial charge in [-0.25, -0.2) is 8.42 Å². The van der Waals surface area contributed by atoms with Gasteiger partial charge >= 0.3 is 0 Å². The van der Waals surface area contributed by atoms with Gasteiger partial charge in [-0.2, -0.15) is 0 Å². The molecule has 4 rings (SSSR count). The van der Waals surface area contributed by atoms with Gasteiger partial charge < -0.3 is 10.2 Å². The first kappa shape index (κ1) is 30.8. The number of nitrogens with one attached hydrogen (secondary N) is 1. The van der Waals surface area contributed by atoms with E-state index < -0.39 is 28.5 Å². The van der Waals surface area contributed by atoms with E-state index in [9.17, 15) is 18.0 Å². The van der Waals surface area contributed by atoms with Crippen molar-refractivity contribution in [2.45, 2.75) is 37.8 Å². The molecule has 2 amide bonds. The lowest BCUT2D eigenvalue weighted by molar-refractivity contribution is -0.140. The lowest BCUT2D eigenvalue weighted by Gasteiger charge is -2.33. The molecule has 0 aliphatic carbocycles. The Kier molecular flexibility index (Phi) is 10.4. The van der Waals surface area contributed by atoms with Gasteiger partial charge in [-0.15, -0.1) is 0 Å². The van der Waals surface area contributed by atoms with Crippen molar-refractivity contribution in [3.05, 3.63) is 131 Å². The summed E-state index contributed by atoms with van der Waals surface area (Å²) >= 11 is 6.10. The number of carbonyl (C=O) groups excluding carboxylic acids is 2. The van der Waals surface area contributed by atoms with E-state index in [-0.39, 0.29) is 29.5 Å². The number of hydrogen-bond donors (Lipinski definition) is 1. The average molecular weight is 604 g/mol. The van der Waals surface area contributed by atoms with Crippen molar-refractivity contribution in [2.24, 2.45) is 0 Å². The lowest BCUT2D eigenvalue weighted by atomic mass is 10.0. The molecule has 42 heavy (non-hydrogen) atoms. The quantitative estimate of drug-likeness (QED) is 0.228. The molecule has 4 aromatic carbocycles. The number of hydrogen-bond acceptors (Lipinski definition) is 4. The van der Waals surface area contributed by atoms with Crippen molar-refractivity contribution in [1.29, 1.82) is 0 Å². The molecular formula is C33H34ClN3O4S. The van der Waals surface area contributed by atoms with Crippen LogP contribution < -0.4 is 9.62 Å². The molecule has 0 spiro atoms. The minimum Gasteiger partial charge on any atom is -0.355 e. The van der Waals surface area contributed by atoms with Gasteiger partial charge in [-0.05, 0) is 61.4 Å². The van der Waals surface area contributed by atoms with Crippen molar-refractivity contribution in [3.63, 3.8) is 0 Å². The fourth-order valence-electron chi connectivity index (χ4n) is 4.59. The first-order valence-electron chi connectivity index (χ1n) is 13.7. The first-order valence-corrected chi connectivity index (χ1v) is 15.5. The fourth-order valence-corrected chi connectivity index (χ4v) is 6.15. The molecule has 0 aliphatic heterocycles. The summed E-state index contributed by atoms with van der Waals surface area (Å²) in [7, 11) is -4.15. The third kappa shape index (κ3) is 7.78. The van der Waals surface area contributed by atoms with Crippen LogP contribution in [0.1, 0.15) is 23.6 Å². The molecular weight excluding hydrogens is 570 g/mol. The highest BCUT2D eigenvalue weighted by Gasteiger charge is 2.34. The molecule has 0 saturated heterocycles. The van der Waals surface area contributed by atoms with Gasteiger partial charge in [-0.3, -0.25) is 13.9 Å². The van der Waals surface area contributed by atoms with Crippen LogP contribution in [0, 0.1) is 6.92 Å². The molecule has 1 atom stereocenters. The Morgan fingerprint density at radius 2 is 1.40 bits per heavy atom. The number of rotatable bonds is 12. The molecule has 0 fully saturated rings. The number of likely N-dealkylation sites (N-methyl/N-ethyl adjacent to an activating group) is 1. The second kappa shape index (κ2) is 14.2. The van der Waals surface area contributed by atoms with Crippen molar-refractivity contribution in [2.75, 3.05) is 17.4 Å². The van der Waals surface area contributed by atoms with Crippen molar-refractivity contribution in [3.8, 4) is 0 Å². The summed E-state index contributed by atoms with van der Waals surface area (Å²) in [6.07, 6.45) is 0.261. The summed E-state index contributed by atoms with van der Waals surface area (Å²) in [5, 5.41) is 3.30. The molecule has 9 heteroatoms. The second-order valence-corrected chi connectivity index (χ2v) is 12.2. The molecule has 0 aliphatic rings. The highest BCUT2D eigenvalue weighted by Crippen LogP contribution is 2.26. The summed E-state index contributed by atoms with van der Waals surface area (Å²) in [4.78, 5) is 29.3. The van der Waals surface area contributed by atoms with Crippen LogP contribution in [-0.2, 0) is 32.6 Å². The number of nitrogens with zero attached hydrogens (tertiary/aromatic N) is 2. The summed E-state index contributed by atoms with van der Waals surface area (Å²) in [5.74, 6) is -0.831. The average Bonchev–Trinajstić information content (AvgIpc) is 3.00. The van der Waals surface area contributed by atoms with Crippen molar-refractivity contribution < 1.29 is 18.0 Å². The summed E-state index contributed by atoms with van der Waals surface area (Å²) < 4.78 is 28.9. The van der Waals surface area contributed by atoms with E-state index in [0.29, 0.717) is 11.6 Å². The van der Waals surface area contributed by atoms with E-state index in [4.69, 9.17) is 11.6 Å². The van der Waals surface area contributed by atoms with Gasteiger partial charge in [-0.1, -0.05) is 90.0 Å². The number of aryl methyl sites for hydroxylation is 1. The number of carbonyl (C=O) groups is 2. The predicted molar refractivity (Wildman–Crippen MR) is 167 cm³/mol. The maximum absolute atomic E-state index is 14.3. The zero-order valence-corrected chi connectivity index (χ0v) is 25.2. The maximum Gasteiger partial charge on any atom is 0.264 e. The van der Waals surface area contributed by atoms with Crippen LogP contribution in [-0.4, -0.2) is 44.3 Å². The van der Waals surface area contributed by atoms with Crippen LogP contribution in [0.5, 0.6) is 0 Å². The number of sulfonamides is 1. The zero-order valence-electron chi connectivity index (χ0n) is 23.6. The number of halogens is 1. The highest BCUT2D eigenvalue weighted by molar-refractivity contribution is 7.92. The van der Waals surface area contributed by atoms with E-state index in [1.165, 1.54) is 17.0 Å². The first-order chi connectivity index (χ1) is 20.2. The Labute approximate surface area is 252 Å². The standard InChI is InChI=1S/C33H34ClN3O4S/c1-3-35-33(39)31(22-26-10-6-4-7-11-26)36(23-27-16-14-25(2)15-17-27)32(38)24-37(29-20-18-28(34)19-21-29)42(40,41)30-12-8-5-9-13-30/h4-21,31H,3,22-24H2,1-2H3,(H,35,39)/t31-/m1/s1. The minimum atomic E-state index is -4.15. The largest absolute Gasteiger partial charge is 0.355 e. The minimum absolute atomic E-state index is 0.0439. The zero-order chi connectivity index (χ0) is 30.1. The molecule has 0 unspecified atom stereocenters. The van der Waals surface area contributed by atoms with E-state index >= 15 is 0 Å². The van der Waals surface area contributed by atoms with Gasteiger partial charge in [0.2, 0.25) is 11.8 Å². The molecule has 4 aromatic rings. The molecule has 7 nitrogen and oxygen atoms in total. The van der Waals surface area contributed by atoms with Crippen LogP contribution in [0.15, 0.2) is 114 Å². The van der Waals surface area contributed by atoms with Gasteiger partial charge in [0.05, 0.1) is 10.6 Å². The van der Waals surface area contributed by atoms with Crippen molar-refractivity contribution in [1.82, 2.24) is 10.2 Å². The summed E-state index contributed by atoms with van der Waals surface area (Å²) in [5.41, 5.74) is 3.04. The smallest absolute Gasteiger partial charge is 0.264 e.